The lowest BCUT2D eigenvalue weighted by molar-refractivity contribution is 0.105. The van der Waals surface area contributed by atoms with Gasteiger partial charge in [0.25, 0.3) is 0 Å². The van der Waals surface area contributed by atoms with Crippen molar-refractivity contribution in [2.45, 2.75) is 38.5 Å². The van der Waals surface area contributed by atoms with Gasteiger partial charge in [-0.2, -0.15) is 0 Å². The number of hydrogen-bond acceptors (Lipinski definition) is 4. The summed E-state index contributed by atoms with van der Waals surface area (Å²) in [7, 11) is 0. The average Bonchev–Trinajstić information content (AvgIpc) is 3.24. The fourth-order valence-corrected chi connectivity index (χ4v) is 3.25. The zero-order valence-electron chi connectivity index (χ0n) is 11.7. The van der Waals surface area contributed by atoms with Gasteiger partial charge in [-0.05, 0) is 25.3 Å². The third-order valence-corrected chi connectivity index (χ3v) is 4.77. The first-order valence-corrected chi connectivity index (χ1v) is 7.98. The second-order valence-corrected chi connectivity index (χ2v) is 6.39. The molecular weight excluding hydrogens is 268 g/mol. The van der Waals surface area contributed by atoms with Crippen molar-refractivity contribution >= 4 is 11.3 Å². The van der Waals surface area contributed by atoms with Crippen molar-refractivity contribution in [1.82, 2.24) is 9.88 Å². The quantitative estimate of drug-likeness (QED) is 0.887. The normalized spacial score (nSPS) is 16.6. The van der Waals surface area contributed by atoms with E-state index < -0.39 is 6.10 Å². The van der Waals surface area contributed by atoms with Gasteiger partial charge < -0.3 is 5.11 Å². The predicted molar refractivity (Wildman–Crippen MR) is 81.7 cm³/mol. The number of aryl methyl sites for hydroxylation is 1. The first kappa shape index (κ1) is 13.7. The summed E-state index contributed by atoms with van der Waals surface area (Å²) in [5.41, 5.74) is 4.03. The SMILES string of the molecule is Cc1ncsc1CN(C[C@@H](O)c1ccccc1)C1CC1. The molecular formula is C16H20N2OS. The predicted octanol–water partition coefficient (Wildman–Crippen LogP) is 3.15. The molecule has 1 heterocycles. The largest absolute Gasteiger partial charge is 0.387 e. The number of benzene rings is 1. The van der Waals surface area contributed by atoms with E-state index >= 15 is 0 Å². The van der Waals surface area contributed by atoms with E-state index in [2.05, 4.69) is 16.8 Å². The molecule has 3 rings (SSSR count). The summed E-state index contributed by atoms with van der Waals surface area (Å²) in [6, 6.07) is 10.6. The molecule has 20 heavy (non-hydrogen) atoms. The van der Waals surface area contributed by atoms with Gasteiger partial charge in [0.05, 0.1) is 17.3 Å². The lowest BCUT2D eigenvalue weighted by Gasteiger charge is -2.24. The van der Waals surface area contributed by atoms with Crippen LogP contribution in [0.2, 0.25) is 0 Å². The van der Waals surface area contributed by atoms with E-state index in [1.807, 2.05) is 35.8 Å². The van der Waals surface area contributed by atoms with Crippen molar-refractivity contribution in [3.63, 3.8) is 0 Å². The van der Waals surface area contributed by atoms with Gasteiger partial charge in [-0.1, -0.05) is 30.3 Å². The van der Waals surface area contributed by atoms with Gasteiger partial charge in [0.15, 0.2) is 0 Å². The van der Waals surface area contributed by atoms with Crippen molar-refractivity contribution in [3.8, 4) is 0 Å². The highest BCUT2D eigenvalue weighted by atomic mass is 32.1. The average molecular weight is 288 g/mol. The van der Waals surface area contributed by atoms with Gasteiger partial charge >= 0.3 is 0 Å². The zero-order valence-corrected chi connectivity index (χ0v) is 12.5. The van der Waals surface area contributed by atoms with Crippen molar-refractivity contribution < 1.29 is 5.11 Å². The molecule has 0 aliphatic heterocycles. The fourth-order valence-electron chi connectivity index (χ4n) is 2.45. The minimum absolute atomic E-state index is 0.412. The number of aromatic nitrogens is 1. The summed E-state index contributed by atoms with van der Waals surface area (Å²) in [4.78, 5) is 8.03. The van der Waals surface area contributed by atoms with E-state index in [4.69, 9.17) is 0 Å². The van der Waals surface area contributed by atoms with Gasteiger partial charge in [-0.3, -0.25) is 4.90 Å². The molecule has 1 aliphatic carbocycles. The van der Waals surface area contributed by atoms with E-state index in [1.54, 1.807) is 11.3 Å². The molecule has 0 unspecified atom stereocenters. The maximum Gasteiger partial charge on any atom is 0.0917 e. The Bertz CT molecular complexity index is 551. The Kier molecular flexibility index (Phi) is 4.15. The molecule has 1 aromatic heterocycles. The van der Waals surface area contributed by atoms with Crippen LogP contribution in [0.4, 0.5) is 0 Å². The van der Waals surface area contributed by atoms with Crippen LogP contribution in [0.3, 0.4) is 0 Å². The Morgan fingerprint density at radius 1 is 1.35 bits per heavy atom. The zero-order chi connectivity index (χ0) is 13.9. The molecule has 0 spiro atoms. The van der Waals surface area contributed by atoms with E-state index in [1.165, 1.54) is 17.7 Å². The number of nitrogens with zero attached hydrogens (tertiary/aromatic N) is 2. The highest BCUT2D eigenvalue weighted by molar-refractivity contribution is 7.09. The summed E-state index contributed by atoms with van der Waals surface area (Å²) in [6.07, 6.45) is 2.09. The van der Waals surface area contributed by atoms with Crippen LogP contribution in [0.1, 0.15) is 35.1 Å². The molecule has 2 aromatic rings. The van der Waals surface area contributed by atoms with Crippen LogP contribution in [0, 0.1) is 6.92 Å². The number of aliphatic hydroxyl groups excluding tert-OH is 1. The second-order valence-electron chi connectivity index (χ2n) is 5.45. The Balaban J connectivity index is 1.67. The summed E-state index contributed by atoms with van der Waals surface area (Å²) >= 11 is 1.71. The number of aliphatic hydroxyl groups is 1. The highest BCUT2D eigenvalue weighted by Crippen LogP contribution is 2.31. The summed E-state index contributed by atoms with van der Waals surface area (Å²) in [5.74, 6) is 0. The molecule has 0 radical (unpaired) electrons. The van der Waals surface area contributed by atoms with Gasteiger partial charge in [-0.15, -0.1) is 11.3 Å². The Morgan fingerprint density at radius 3 is 2.70 bits per heavy atom. The van der Waals surface area contributed by atoms with Crippen molar-refractivity contribution in [2.75, 3.05) is 6.54 Å². The highest BCUT2D eigenvalue weighted by Gasteiger charge is 2.31. The maximum atomic E-state index is 10.4. The van der Waals surface area contributed by atoms with Gasteiger partial charge in [0.2, 0.25) is 0 Å². The van der Waals surface area contributed by atoms with Crippen molar-refractivity contribution in [1.29, 1.82) is 0 Å². The molecule has 1 aromatic carbocycles. The minimum Gasteiger partial charge on any atom is -0.387 e. The molecule has 0 saturated heterocycles. The van der Waals surface area contributed by atoms with Crippen LogP contribution in [-0.4, -0.2) is 27.6 Å². The lowest BCUT2D eigenvalue weighted by atomic mass is 10.1. The molecule has 1 aliphatic rings. The monoisotopic (exact) mass is 288 g/mol. The van der Waals surface area contributed by atoms with Crippen molar-refractivity contribution in [3.05, 3.63) is 52.0 Å². The third-order valence-electron chi connectivity index (χ3n) is 3.85. The Morgan fingerprint density at radius 2 is 2.10 bits per heavy atom. The van der Waals surface area contributed by atoms with E-state index in [9.17, 15) is 5.11 Å². The Hall–Kier alpha value is -1.23. The maximum absolute atomic E-state index is 10.4. The van der Waals surface area contributed by atoms with Gasteiger partial charge in [0, 0.05) is 24.0 Å². The van der Waals surface area contributed by atoms with Crippen molar-refractivity contribution in [2.24, 2.45) is 0 Å². The molecule has 1 N–H and O–H groups in total. The molecule has 1 fully saturated rings. The summed E-state index contributed by atoms with van der Waals surface area (Å²) in [5, 5.41) is 10.4. The van der Waals surface area contributed by atoms with E-state index in [-0.39, 0.29) is 0 Å². The van der Waals surface area contributed by atoms with Crippen LogP contribution in [0.25, 0.3) is 0 Å². The standard InChI is InChI=1S/C16H20N2OS/c1-12-16(20-11-17-12)10-18(14-7-8-14)9-15(19)13-5-3-2-4-6-13/h2-6,11,14-15,19H,7-10H2,1H3/t15-/m1/s1. The van der Waals surface area contributed by atoms with E-state index in [0.717, 1.165) is 17.8 Å². The van der Waals surface area contributed by atoms with E-state index in [0.29, 0.717) is 12.6 Å². The number of rotatable bonds is 6. The molecule has 1 saturated carbocycles. The fraction of sp³-hybridized carbons (Fsp3) is 0.438. The lowest BCUT2D eigenvalue weighted by Crippen LogP contribution is -2.30. The first-order valence-electron chi connectivity index (χ1n) is 7.10. The summed E-state index contributed by atoms with van der Waals surface area (Å²) in [6.45, 7) is 3.67. The van der Waals surface area contributed by atoms with Crippen LogP contribution in [0.15, 0.2) is 35.8 Å². The molecule has 0 amide bonds. The molecule has 1 atom stereocenters. The second kappa shape index (κ2) is 6.04. The first-order chi connectivity index (χ1) is 9.74. The molecule has 0 bridgehead atoms. The van der Waals surface area contributed by atoms with Gasteiger partial charge in [0.1, 0.15) is 0 Å². The minimum atomic E-state index is -0.412. The summed E-state index contributed by atoms with van der Waals surface area (Å²) < 4.78 is 0. The third kappa shape index (κ3) is 3.26. The van der Waals surface area contributed by atoms with Crippen LogP contribution in [-0.2, 0) is 6.54 Å². The van der Waals surface area contributed by atoms with Crippen LogP contribution >= 0.6 is 11.3 Å². The molecule has 4 heteroatoms. The topological polar surface area (TPSA) is 36.4 Å². The smallest absolute Gasteiger partial charge is 0.0917 e. The van der Waals surface area contributed by atoms with Crippen LogP contribution < -0.4 is 0 Å². The van der Waals surface area contributed by atoms with Crippen LogP contribution in [0.5, 0.6) is 0 Å². The molecule has 3 nitrogen and oxygen atoms in total. The number of hydrogen-bond donors (Lipinski definition) is 1. The molecule has 106 valence electrons. The Labute approximate surface area is 123 Å². The number of thiazole rings is 1. The van der Waals surface area contributed by atoms with Gasteiger partial charge in [-0.25, -0.2) is 4.98 Å².